The van der Waals surface area contributed by atoms with Crippen LogP contribution in [0, 0.1) is 12.7 Å². The van der Waals surface area contributed by atoms with Crippen LogP contribution in [0.3, 0.4) is 0 Å². The van der Waals surface area contributed by atoms with Crippen molar-refractivity contribution in [1.82, 2.24) is 19.3 Å². The molecule has 0 unspecified atom stereocenters. The second-order valence-corrected chi connectivity index (χ2v) is 7.79. The smallest absolute Gasteiger partial charge is 0.409 e. The summed E-state index contributed by atoms with van der Waals surface area (Å²) in [5.41, 5.74) is 2.02. The molecule has 5 rings (SSSR count). The van der Waals surface area contributed by atoms with Gasteiger partial charge in [-0.1, -0.05) is 6.07 Å². The number of halogens is 1. The molecule has 1 aliphatic heterocycles. The Morgan fingerprint density at radius 2 is 2.03 bits per heavy atom. The third kappa shape index (κ3) is 3.69. The summed E-state index contributed by atoms with van der Waals surface area (Å²) in [6, 6.07) is 8.40. The summed E-state index contributed by atoms with van der Waals surface area (Å²) >= 11 is 0. The van der Waals surface area contributed by atoms with Crippen molar-refractivity contribution < 1.29 is 23.1 Å². The Bertz CT molecular complexity index is 1370. The first kappa shape index (κ1) is 20.7. The molecule has 33 heavy (non-hydrogen) atoms. The minimum atomic E-state index is -0.487. The lowest BCUT2D eigenvalue weighted by atomic mass is 10.0. The Morgan fingerprint density at radius 1 is 1.21 bits per heavy atom. The lowest BCUT2D eigenvalue weighted by molar-refractivity contribution is 0.0822. The van der Waals surface area contributed by atoms with Gasteiger partial charge in [0.05, 0.1) is 25.4 Å². The number of amides is 2. The lowest BCUT2D eigenvalue weighted by Crippen LogP contribution is -2.48. The monoisotopic (exact) mass is 449 g/mol. The van der Waals surface area contributed by atoms with Crippen molar-refractivity contribution in [1.29, 1.82) is 0 Å². The molecule has 1 N–H and O–H groups in total. The number of hydrogen-bond donors (Lipinski definition) is 1. The Hall–Kier alpha value is -4.21. The molecule has 3 aromatic heterocycles. The molecule has 1 fully saturated rings. The van der Waals surface area contributed by atoms with Crippen molar-refractivity contribution in [2.75, 3.05) is 25.5 Å². The highest BCUT2D eigenvalue weighted by Crippen LogP contribution is 2.32. The first-order valence-corrected chi connectivity index (χ1v) is 10.3. The minimum Gasteiger partial charge on any atom is -0.453 e. The number of pyridine rings is 1. The summed E-state index contributed by atoms with van der Waals surface area (Å²) in [6.07, 6.45) is 4.32. The topological polar surface area (TPSA) is 102 Å². The van der Waals surface area contributed by atoms with Crippen LogP contribution in [0.15, 0.2) is 53.3 Å². The second-order valence-electron chi connectivity index (χ2n) is 7.79. The summed E-state index contributed by atoms with van der Waals surface area (Å²) in [5.74, 6) is -0.126. The number of nitrogens with one attached hydrogen (secondary N) is 1. The van der Waals surface area contributed by atoms with Crippen molar-refractivity contribution in [3.8, 4) is 11.3 Å². The standard InChI is InChI=1S/C23H20FN5O4/c1-13-16(24)7-14(19-10-26-22(33-19)15-11-28(12-15)23(31)32-2)8-17(13)27-21(30)18-9-25-20-5-3-4-6-29(18)20/h3-10,15H,11-12H2,1-2H3,(H,27,30). The van der Waals surface area contributed by atoms with E-state index in [-0.39, 0.29) is 5.92 Å². The summed E-state index contributed by atoms with van der Waals surface area (Å²) in [5, 5.41) is 2.77. The molecule has 0 radical (unpaired) electrons. The number of carbonyl (C=O) groups excluding carboxylic acids is 2. The van der Waals surface area contributed by atoms with Crippen LogP contribution in [-0.4, -0.2) is 51.5 Å². The number of ether oxygens (including phenoxy) is 1. The summed E-state index contributed by atoms with van der Waals surface area (Å²) in [7, 11) is 1.33. The van der Waals surface area contributed by atoms with Gasteiger partial charge in [0, 0.05) is 36.1 Å². The van der Waals surface area contributed by atoms with E-state index < -0.39 is 17.8 Å². The number of rotatable bonds is 4. The van der Waals surface area contributed by atoms with E-state index in [4.69, 9.17) is 4.42 Å². The van der Waals surface area contributed by atoms with Crippen molar-refractivity contribution in [2.24, 2.45) is 0 Å². The van der Waals surface area contributed by atoms with Crippen LogP contribution < -0.4 is 5.32 Å². The van der Waals surface area contributed by atoms with Gasteiger partial charge in [0.15, 0.2) is 5.76 Å². The number of benzene rings is 1. The lowest BCUT2D eigenvalue weighted by Gasteiger charge is -2.35. The molecule has 0 saturated carbocycles. The van der Waals surface area contributed by atoms with E-state index in [9.17, 15) is 14.0 Å². The van der Waals surface area contributed by atoms with Gasteiger partial charge in [0.2, 0.25) is 5.89 Å². The van der Waals surface area contributed by atoms with Gasteiger partial charge >= 0.3 is 6.09 Å². The van der Waals surface area contributed by atoms with Crippen molar-refractivity contribution in [3.05, 3.63) is 71.9 Å². The molecule has 0 atom stereocenters. The van der Waals surface area contributed by atoms with E-state index in [2.05, 4.69) is 20.0 Å². The van der Waals surface area contributed by atoms with Crippen molar-refractivity contribution in [2.45, 2.75) is 12.8 Å². The number of methoxy groups -OCH3 is 1. The van der Waals surface area contributed by atoms with Gasteiger partial charge in [-0.25, -0.2) is 19.2 Å². The van der Waals surface area contributed by atoms with Crippen LogP contribution in [0.1, 0.15) is 27.9 Å². The number of anilines is 1. The van der Waals surface area contributed by atoms with Crippen LogP contribution in [0.4, 0.5) is 14.9 Å². The minimum absolute atomic E-state index is 0.0533. The summed E-state index contributed by atoms with van der Waals surface area (Å²) in [6.45, 7) is 2.47. The molecule has 0 aliphatic carbocycles. The molecular formula is C23H20FN5O4. The fourth-order valence-electron chi connectivity index (χ4n) is 3.76. The van der Waals surface area contributed by atoms with Gasteiger partial charge < -0.3 is 19.4 Å². The molecule has 0 bridgehead atoms. The molecule has 2 amide bonds. The van der Waals surface area contributed by atoms with E-state index in [0.29, 0.717) is 52.9 Å². The number of aromatic nitrogens is 3. The maximum atomic E-state index is 14.7. The molecule has 1 saturated heterocycles. The van der Waals surface area contributed by atoms with E-state index in [1.54, 1.807) is 35.7 Å². The molecule has 168 valence electrons. The zero-order valence-corrected chi connectivity index (χ0v) is 17.9. The number of oxazole rings is 1. The molecule has 4 aromatic rings. The molecule has 9 nitrogen and oxygen atoms in total. The third-order valence-corrected chi connectivity index (χ3v) is 5.71. The first-order chi connectivity index (χ1) is 15.9. The van der Waals surface area contributed by atoms with Gasteiger partial charge in [-0.3, -0.25) is 9.20 Å². The van der Waals surface area contributed by atoms with Gasteiger partial charge in [-0.05, 0) is 31.2 Å². The fourth-order valence-corrected chi connectivity index (χ4v) is 3.76. The fraction of sp³-hybridized carbons (Fsp3) is 0.217. The number of hydrogen-bond acceptors (Lipinski definition) is 6. The Labute approximate surface area is 187 Å². The SMILES string of the molecule is COC(=O)N1CC(c2ncc(-c3cc(F)c(C)c(NC(=O)c4cnc5ccccn45)c3)o2)C1. The number of nitrogens with zero attached hydrogens (tertiary/aromatic N) is 4. The molecule has 0 spiro atoms. The summed E-state index contributed by atoms with van der Waals surface area (Å²) in [4.78, 5) is 34.4. The van der Waals surface area contributed by atoms with E-state index in [1.807, 2.05) is 6.07 Å². The maximum Gasteiger partial charge on any atom is 0.409 e. The predicted molar refractivity (Wildman–Crippen MR) is 116 cm³/mol. The zero-order valence-electron chi connectivity index (χ0n) is 17.9. The quantitative estimate of drug-likeness (QED) is 0.508. The Morgan fingerprint density at radius 3 is 2.82 bits per heavy atom. The van der Waals surface area contributed by atoms with E-state index >= 15 is 0 Å². The van der Waals surface area contributed by atoms with Crippen LogP contribution in [-0.2, 0) is 4.74 Å². The normalized spacial score (nSPS) is 13.7. The van der Waals surface area contributed by atoms with Gasteiger partial charge in [0.1, 0.15) is 17.2 Å². The van der Waals surface area contributed by atoms with Crippen LogP contribution >= 0.6 is 0 Å². The van der Waals surface area contributed by atoms with E-state index in [0.717, 1.165) is 0 Å². The highest BCUT2D eigenvalue weighted by Gasteiger charge is 2.35. The second kappa shape index (κ2) is 8.05. The largest absolute Gasteiger partial charge is 0.453 e. The molecule has 1 aromatic carbocycles. The highest BCUT2D eigenvalue weighted by molar-refractivity contribution is 6.04. The molecular weight excluding hydrogens is 429 g/mol. The highest BCUT2D eigenvalue weighted by atomic mass is 19.1. The number of imidazole rings is 1. The average molecular weight is 449 g/mol. The molecule has 4 heterocycles. The average Bonchev–Trinajstić information content (AvgIpc) is 3.43. The van der Waals surface area contributed by atoms with Crippen LogP contribution in [0.25, 0.3) is 17.0 Å². The Balaban J connectivity index is 1.38. The van der Waals surface area contributed by atoms with Crippen molar-refractivity contribution >= 4 is 23.3 Å². The maximum absolute atomic E-state index is 14.7. The van der Waals surface area contributed by atoms with E-state index in [1.165, 1.54) is 30.5 Å². The molecule has 1 aliphatic rings. The number of fused-ring (bicyclic) bond motifs is 1. The van der Waals surface area contributed by atoms with Crippen LogP contribution in [0.5, 0.6) is 0 Å². The number of likely N-dealkylation sites (tertiary alicyclic amines) is 1. The number of carbonyl (C=O) groups is 2. The zero-order chi connectivity index (χ0) is 23.1. The first-order valence-electron chi connectivity index (χ1n) is 10.3. The molecule has 10 heteroatoms. The summed E-state index contributed by atoms with van der Waals surface area (Å²) < 4.78 is 26.9. The predicted octanol–water partition coefficient (Wildman–Crippen LogP) is 3.85. The van der Waals surface area contributed by atoms with Gasteiger partial charge in [-0.2, -0.15) is 0 Å². The Kier molecular flexibility index (Phi) is 5.04. The van der Waals surface area contributed by atoms with Gasteiger partial charge in [-0.15, -0.1) is 0 Å². The van der Waals surface area contributed by atoms with Crippen LogP contribution in [0.2, 0.25) is 0 Å². The third-order valence-electron chi connectivity index (χ3n) is 5.71. The van der Waals surface area contributed by atoms with Crippen molar-refractivity contribution in [3.63, 3.8) is 0 Å². The van der Waals surface area contributed by atoms with Gasteiger partial charge in [0.25, 0.3) is 5.91 Å².